The van der Waals surface area contributed by atoms with Crippen molar-refractivity contribution in [3.8, 4) is 0 Å². The van der Waals surface area contributed by atoms with Crippen LogP contribution in [-0.4, -0.2) is 43.6 Å². The molecule has 1 aliphatic rings. The number of carbonyl (C=O) groups is 1. The number of benzene rings is 2. The van der Waals surface area contributed by atoms with Gasteiger partial charge in [0.15, 0.2) is 5.11 Å². The van der Waals surface area contributed by atoms with Crippen molar-refractivity contribution < 1.29 is 22.9 Å². The fraction of sp³-hybridized carbons (Fsp3) is 0.263. The highest BCUT2D eigenvalue weighted by Gasteiger charge is 2.21. The predicted molar refractivity (Wildman–Crippen MR) is 117 cm³/mol. The SMILES string of the molecule is O=C(NC(=S)Nc1ccc(S(=O)(=O)NCC2CCCO2)cc1)c1ccccc1[N+](=O)[O-]. The first-order chi connectivity index (χ1) is 14.8. The number of nitro benzene ring substituents is 1. The molecule has 3 rings (SSSR count). The summed E-state index contributed by atoms with van der Waals surface area (Å²) in [6.07, 6.45) is 1.62. The topological polar surface area (TPSA) is 140 Å². The lowest BCUT2D eigenvalue weighted by Gasteiger charge is -2.12. The third kappa shape index (κ3) is 6.04. The Morgan fingerprint density at radius 2 is 1.90 bits per heavy atom. The van der Waals surface area contributed by atoms with E-state index in [1.807, 2.05) is 0 Å². The molecule has 1 atom stereocenters. The van der Waals surface area contributed by atoms with Gasteiger partial charge in [-0.1, -0.05) is 12.1 Å². The molecule has 1 fully saturated rings. The largest absolute Gasteiger partial charge is 0.377 e. The lowest BCUT2D eigenvalue weighted by Crippen LogP contribution is -2.34. The predicted octanol–water partition coefficient (Wildman–Crippen LogP) is 2.18. The molecule has 0 saturated carbocycles. The number of nitrogens with zero attached hydrogens (tertiary/aromatic N) is 1. The van der Waals surface area contributed by atoms with E-state index in [1.54, 1.807) is 0 Å². The molecule has 3 N–H and O–H groups in total. The first-order valence-electron chi connectivity index (χ1n) is 9.33. The Morgan fingerprint density at radius 1 is 1.19 bits per heavy atom. The molecule has 1 heterocycles. The highest BCUT2D eigenvalue weighted by Crippen LogP contribution is 2.18. The number of nitro groups is 1. The zero-order valence-corrected chi connectivity index (χ0v) is 17.9. The van der Waals surface area contributed by atoms with Crippen molar-refractivity contribution in [1.82, 2.24) is 10.0 Å². The molecule has 0 spiro atoms. The number of anilines is 1. The molecule has 1 saturated heterocycles. The van der Waals surface area contributed by atoms with Crippen LogP contribution in [0.1, 0.15) is 23.2 Å². The highest BCUT2D eigenvalue weighted by molar-refractivity contribution is 7.89. The van der Waals surface area contributed by atoms with Gasteiger partial charge < -0.3 is 10.1 Å². The van der Waals surface area contributed by atoms with E-state index in [-0.39, 0.29) is 33.9 Å². The van der Waals surface area contributed by atoms with Crippen LogP contribution in [0.15, 0.2) is 53.4 Å². The molecule has 0 radical (unpaired) electrons. The maximum absolute atomic E-state index is 12.4. The van der Waals surface area contributed by atoms with Crippen molar-refractivity contribution in [1.29, 1.82) is 0 Å². The van der Waals surface area contributed by atoms with Crippen LogP contribution in [0.2, 0.25) is 0 Å². The van der Waals surface area contributed by atoms with Crippen LogP contribution in [0.3, 0.4) is 0 Å². The minimum atomic E-state index is -3.69. The number of para-hydroxylation sites is 1. The normalized spacial score (nSPS) is 15.9. The second kappa shape index (κ2) is 9.92. The second-order valence-corrected chi connectivity index (χ2v) is 8.87. The fourth-order valence-electron chi connectivity index (χ4n) is 2.97. The molecule has 0 aliphatic carbocycles. The fourth-order valence-corrected chi connectivity index (χ4v) is 4.24. The van der Waals surface area contributed by atoms with Crippen LogP contribution in [0.4, 0.5) is 11.4 Å². The van der Waals surface area contributed by atoms with E-state index in [0.29, 0.717) is 12.3 Å². The maximum Gasteiger partial charge on any atom is 0.282 e. The average molecular weight is 465 g/mol. The van der Waals surface area contributed by atoms with Crippen LogP contribution < -0.4 is 15.4 Å². The zero-order chi connectivity index (χ0) is 22.4. The van der Waals surface area contributed by atoms with Gasteiger partial charge in [0.25, 0.3) is 11.6 Å². The smallest absolute Gasteiger partial charge is 0.282 e. The highest BCUT2D eigenvalue weighted by atomic mass is 32.2. The lowest BCUT2D eigenvalue weighted by atomic mass is 10.1. The molecule has 1 unspecified atom stereocenters. The van der Waals surface area contributed by atoms with Gasteiger partial charge in [0, 0.05) is 24.9 Å². The quantitative estimate of drug-likeness (QED) is 0.322. The number of hydrogen-bond donors (Lipinski definition) is 3. The Labute approximate surface area is 184 Å². The molecule has 12 heteroatoms. The number of rotatable bonds is 7. The summed E-state index contributed by atoms with van der Waals surface area (Å²) in [6.45, 7) is 0.852. The van der Waals surface area contributed by atoms with E-state index in [0.717, 1.165) is 12.8 Å². The summed E-state index contributed by atoms with van der Waals surface area (Å²) < 4.78 is 32.7. The van der Waals surface area contributed by atoms with Gasteiger partial charge in [-0.25, -0.2) is 13.1 Å². The summed E-state index contributed by atoms with van der Waals surface area (Å²) in [5.41, 5.74) is -0.0331. The summed E-state index contributed by atoms with van der Waals surface area (Å²) in [4.78, 5) is 22.8. The standard InChI is InChI=1S/C19H20N4O6S2/c24-18(16-5-1-2-6-17(16)23(25)26)22-19(30)21-13-7-9-15(10-8-13)31(27,28)20-12-14-4-3-11-29-14/h1-2,5-10,14,20H,3-4,11-12H2,(H2,21,22,24,30). The van der Waals surface area contributed by atoms with E-state index in [4.69, 9.17) is 17.0 Å². The summed E-state index contributed by atoms with van der Waals surface area (Å²) >= 11 is 5.07. The summed E-state index contributed by atoms with van der Waals surface area (Å²) in [6, 6.07) is 11.3. The summed E-state index contributed by atoms with van der Waals surface area (Å²) in [7, 11) is -3.69. The Bertz CT molecular complexity index is 1080. The number of sulfonamides is 1. The first kappa shape index (κ1) is 22.7. The molecular formula is C19H20N4O6S2. The van der Waals surface area contributed by atoms with Gasteiger partial charge >= 0.3 is 0 Å². The molecule has 2 aromatic carbocycles. The van der Waals surface area contributed by atoms with Crippen molar-refractivity contribution in [2.24, 2.45) is 0 Å². The minimum absolute atomic E-state index is 0.0749. The van der Waals surface area contributed by atoms with E-state index < -0.39 is 20.9 Å². The number of carbonyl (C=O) groups excluding carboxylic acids is 1. The van der Waals surface area contributed by atoms with Crippen LogP contribution in [-0.2, 0) is 14.8 Å². The molecule has 0 aromatic heterocycles. The number of nitrogens with one attached hydrogen (secondary N) is 3. The van der Waals surface area contributed by atoms with Crippen molar-refractivity contribution >= 4 is 44.6 Å². The molecule has 2 aromatic rings. The van der Waals surface area contributed by atoms with Gasteiger partial charge in [-0.15, -0.1) is 0 Å². The van der Waals surface area contributed by atoms with E-state index in [1.165, 1.54) is 48.5 Å². The Kier molecular flexibility index (Phi) is 7.28. The second-order valence-electron chi connectivity index (χ2n) is 6.69. The summed E-state index contributed by atoms with van der Waals surface area (Å²) in [5.74, 6) is -0.734. The molecule has 164 valence electrons. The van der Waals surface area contributed by atoms with Crippen LogP contribution >= 0.6 is 12.2 Å². The van der Waals surface area contributed by atoms with Crippen molar-refractivity contribution in [3.63, 3.8) is 0 Å². The summed E-state index contributed by atoms with van der Waals surface area (Å²) in [5, 5.41) is 16.1. The van der Waals surface area contributed by atoms with E-state index >= 15 is 0 Å². The lowest BCUT2D eigenvalue weighted by molar-refractivity contribution is -0.385. The molecule has 31 heavy (non-hydrogen) atoms. The van der Waals surface area contributed by atoms with E-state index in [2.05, 4.69) is 15.4 Å². The van der Waals surface area contributed by atoms with Gasteiger partial charge in [0.05, 0.1) is 15.9 Å². The number of thiocarbonyl (C=S) groups is 1. The van der Waals surface area contributed by atoms with Crippen molar-refractivity contribution in [2.75, 3.05) is 18.5 Å². The van der Waals surface area contributed by atoms with Crippen LogP contribution in [0, 0.1) is 10.1 Å². The minimum Gasteiger partial charge on any atom is -0.377 e. The maximum atomic E-state index is 12.4. The van der Waals surface area contributed by atoms with Crippen molar-refractivity contribution in [3.05, 3.63) is 64.2 Å². The number of amides is 1. The number of hydrogen-bond acceptors (Lipinski definition) is 7. The number of ether oxygens (including phenoxy) is 1. The zero-order valence-electron chi connectivity index (χ0n) is 16.2. The van der Waals surface area contributed by atoms with Crippen molar-refractivity contribution in [2.45, 2.75) is 23.8 Å². The van der Waals surface area contributed by atoms with Gasteiger partial charge in [-0.05, 0) is 55.4 Å². The van der Waals surface area contributed by atoms with E-state index in [9.17, 15) is 23.3 Å². The Balaban J connectivity index is 1.58. The van der Waals surface area contributed by atoms with Crippen LogP contribution in [0.25, 0.3) is 0 Å². The van der Waals surface area contributed by atoms with Gasteiger partial charge in [0.2, 0.25) is 10.0 Å². The van der Waals surface area contributed by atoms with Gasteiger partial charge in [-0.3, -0.25) is 20.2 Å². The van der Waals surface area contributed by atoms with Crippen LogP contribution in [0.5, 0.6) is 0 Å². The van der Waals surface area contributed by atoms with Gasteiger partial charge in [-0.2, -0.15) is 0 Å². The molecule has 0 bridgehead atoms. The third-order valence-electron chi connectivity index (χ3n) is 4.52. The Morgan fingerprint density at radius 3 is 2.55 bits per heavy atom. The molecular weight excluding hydrogens is 444 g/mol. The monoisotopic (exact) mass is 464 g/mol. The molecule has 1 amide bonds. The first-order valence-corrected chi connectivity index (χ1v) is 11.2. The van der Waals surface area contributed by atoms with Gasteiger partial charge in [0.1, 0.15) is 5.56 Å². The molecule has 1 aliphatic heterocycles. The average Bonchev–Trinajstić information content (AvgIpc) is 3.26. The molecule has 10 nitrogen and oxygen atoms in total. The third-order valence-corrected chi connectivity index (χ3v) is 6.16. The Hall–Kier alpha value is -2.93.